The highest BCUT2D eigenvalue weighted by Crippen LogP contribution is 2.29. The van der Waals surface area contributed by atoms with Gasteiger partial charge in [-0.05, 0) is 41.2 Å². The van der Waals surface area contributed by atoms with Gasteiger partial charge in [0.15, 0.2) is 0 Å². The lowest BCUT2D eigenvalue weighted by Gasteiger charge is -2.09. The van der Waals surface area contributed by atoms with Gasteiger partial charge in [0.2, 0.25) is 11.2 Å². The molecule has 21 heavy (non-hydrogen) atoms. The standard InChI is InChI=1S/C14H11ClN4OS/c1-8(20)16-9-3-2-4-10(7-9)17-12-11-5-6-21-13(11)19-14(15)18-12/h2-7H,1H3,(H,16,20)(H,17,18,19). The van der Waals surface area contributed by atoms with Gasteiger partial charge in [-0.3, -0.25) is 4.79 Å². The Balaban J connectivity index is 1.95. The first-order valence-corrected chi connectivity index (χ1v) is 7.43. The predicted molar refractivity (Wildman–Crippen MR) is 86.5 cm³/mol. The van der Waals surface area contributed by atoms with Crippen LogP contribution in [-0.4, -0.2) is 15.9 Å². The molecule has 2 aromatic heterocycles. The number of fused-ring (bicyclic) bond motifs is 1. The number of halogens is 1. The third-order valence-electron chi connectivity index (χ3n) is 2.74. The van der Waals surface area contributed by atoms with Crippen molar-refractivity contribution in [2.45, 2.75) is 6.92 Å². The molecule has 0 saturated carbocycles. The summed E-state index contributed by atoms with van der Waals surface area (Å²) in [5.41, 5.74) is 1.53. The second kappa shape index (κ2) is 5.67. The molecular formula is C14H11ClN4OS. The number of nitrogens with one attached hydrogen (secondary N) is 2. The lowest BCUT2D eigenvalue weighted by atomic mass is 10.2. The second-order valence-corrected chi connectivity index (χ2v) is 5.60. The minimum Gasteiger partial charge on any atom is -0.339 e. The number of benzene rings is 1. The summed E-state index contributed by atoms with van der Waals surface area (Å²) in [6, 6.07) is 9.33. The van der Waals surface area contributed by atoms with Gasteiger partial charge in [0.1, 0.15) is 10.6 Å². The van der Waals surface area contributed by atoms with Gasteiger partial charge in [-0.1, -0.05) is 6.07 Å². The average Bonchev–Trinajstić information content (AvgIpc) is 2.86. The molecule has 2 N–H and O–H groups in total. The van der Waals surface area contributed by atoms with Gasteiger partial charge >= 0.3 is 0 Å². The quantitative estimate of drug-likeness (QED) is 0.715. The highest BCUT2D eigenvalue weighted by atomic mass is 35.5. The second-order valence-electron chi connectivity index (χ2n) is 4.37. The van der Waals surface area contributed by atoms with E-state index in [4.69, 9.17) is 11.6 Å². The first-order chi connectivity index (χ1) is 10.1. The van der Waals surface area contributed by atoms with Crippen LogP contribution in [-0.2, 0) is 4.79 Å². The first kappa shape index (κ1) is 13.8. The molecule has 0 aliphatic carbocycles. The molecule has 5 nitrogen and oxygen atoms in total. The molecule has 0 unspecified atom stereocenters. The van der Waals surface area contributed by atoms with Gasteiger partial charge in [0.05, 0.1) is 5.39 Å². The minimum absolute atomic E-state index is 0.113. The number of thiophene rings is 1. The number of anilines is 3. The molecule has 0 aliphatic rings. The topological polar surface area (TPSA) is 66.9 Å². The van der Waals surface area contributed by atoms with Crippen molar-refractivity contribution in [2.75, 3.05) is 10.6 Å². The Kier molecular flexibility index (Phi) is 3.72. The summed E-state index contributed by atoms with van der Waals surface area (Å²) in [4.78, 5) is 20.3. The molecule has 3 aromatic rings. The number of carbonyl (C=O) groups excluding carboxylic acids is 1. The molecule has 0 bridgehead atoms. The molecule has 7 heteroatoms. The Morgan fingerprint density at radius 1 is 1.24 bits per heavy atom. The Hall–Kier alpha value is -2.18. The number of aromatic nitrogens is 2. The van der Waals surface area contributed by atoms with Crippen molar-refractivity contribution in [1.82, 2.24) is 9.97 Å². The fraction of sp³-hybridized carbons (Fsp3) is 0.0714. The third-order valence-corrected chi connectivity index (χ3v) is 3.72. The van der Waals surface area contributed by atoms with Crippen LogP contribution in [0.2, 0.25) is 5.28 Å². The zero-order chi connectivity index (χ0) is 14.8. The maximum absolute atomic E-state index is 11.1. The average molecular weight is 319 g/mol. The fourth-order valence-electron chi connectivity index (χ4n) is 1.94. The van der Waals surface area contributed by atoms with E-state index >= 15 is 0 Å². The number of hydrogen-bond donors (Lipinski definition) is 2. The third kappa shape index (κ3) is 3.12. The van der Waals surface area contributed by atoms with Crippen LogP contribution in [0.1, 0.15) is 6.92 Å². The van der Waals surface area contributed by atoms with Crippen LogP contribution in [0.25, 0.3) is 10.2 Å². The van der Waals surface area contributed by atoms with Crippen LogP contribution >= 0.6 is 22.9 Å². The van der Waals surface area contributed by atoms with Crippen LogP contribution in [0, 0.1) is 0 Å². The summed E-state index contributed by atoms with van der Waals surface area (Å²) in [7, 11) is 0. The van der Waals surface area contributed by atoms with E-state index < -0.39 is 0 Å². The molecular weight excluding hydrogens is 308 g/mol. The first-order valence-electron chi connectivity index (χ1n) is 6.17. The Bertz CT molecular complexity index is 818. The lowest BCUT2D eigenvalue weighted by Crippen LogP contribution is -2.05. The largest absolute Gasteiger partial charge is 0.339 e. The lowest BCUT2D eigenvalue weighted by molar-refractivity contribution is -0.114. The number of nitrogens with zero attached hydrogens (tertiary/aromatic N) is 2. The summed E-state index contributed by atoms with van der Waals surface area (Å²) < 4.78 is 0. The molecule has 1 amide bonds. The van der Waals surface area contributed by atoms with E-state index in [-0.39, 0.29) is 11.2 Å². The van der Waals surface area contributed by atoms with Crippen molar-refractivity contribution >= 4 is 56.3 Å². The van der Waals surface area contributed by atoms with E-state index in [0.717, 1.165) is 15.9 Å². The van der Waals surface area contributed by atoms with Gasteiger partial charge in [-0.25, -0.2) is 4.98 Å². The Labute approximate surface area is 130 Å². The molecule has 0 aliphatic heterocycles. The number of rotatable bonds is 3. The molecule has 1 aromatic carbocycles. The summed E-state index contributed by atoms with van der Waals surface area (Å²) in [6.07, 6.45) is 0. The van der Waals surface area contributed by atoms with Crippen molar-refractivity contribution in [2.24, 2.45) is 0 Å². The predicted octanol–water partition coefficient (Wildman–Crippen LogP) is 4.05. The van der Waals surface area contributed by atoms with Crippen LogP contribution in [0.3, 0.4) is 0 Å². The molecule has 0 spiro atoms. The Morgan fingerprint density at radius 3 is 2.86 bits per heavy atom. The minimum atomic E-state index is -0.113. The van der Waals surface area contributed by atoms with Gasteiger partial charge in [-0.2, -0.15) is 4.98 Å². The molecule has 0 radical (unpaired) electrons. The summed E-state index contributed by atoms with van der Waals surface area (Å²) in [5.74, 6) is 0.531. The zero-order valence-corrected chi connectivity index (χ0v) is 12.6. The Morgan fingerprint density at radius 2 is 2.05 bits per heavy atom. The smallest absolute Gasteiger partial charge is 0.225 e. The van der Waals surface area contributed by atoms with E-state index in [1.165, 1.54) is 18.3 Å². The van der Waals surface area contributed by atoms with Crippen molar-refractivity contribution in [3.8, 4) is 0 Å². The van der Waals surface area contributed by atoms with Crippen LogP contribution in [0.5, 0.6) is 0 Å². The van der Waals surface area contributed by atoms with Gasteiger partial charge in [-0.15, -0.1) is 11.3 Å². The monoisotopic (exact) mass is 318 g/mol. The summed E-state index contributed by atoms with van der Waals surface area (Å²) in [5, 5.41) is 9.00. The highest BCUT2D eigenvalue weighted by molar-refractivity contribution is 7.16. The number of amides is 1. The van der Waals surface area contributed by atoms with Crippen molar-refractivity contribution in [1.29, 1.82) is 0 Å². The highest BCUT2D eigenvalue weighted by Gasteiger charge is 2.08. The molecule has 0 fully saturated rings. The maximum atomic E-state index is 11.1. The van der Waals surface area contributed by atoms with Crippen LogP contribution in [0.15, 0.2) is 35.7 Å². The number of hydrogen-bond acceptors (Lipinski definition) is 5. The SMILES string of the molecule is CC(=O)Nc1cccc(Nc2nc(Cl)nc3sccc23)c1. The van der Waals surface area contributed by atoms with Gasteiger partial charge in [0.25, 0.3) is 0 Å². The van der Waals surface area contributed by atoms with Crippen LogP contribution < -0.4 is 10.6 Å². The van der Waals surface area contributed by atoms with Crippen molar-refractivity contribution in [3.63, 3.8) is 0 Å². The van der Waals surface area contributed by atoms with Crippen LogP contribution in [0.4, 0.5) is 17.2 Å². The van der Waals surface area contributed by atoms with Crippen molar-refractivity contribution in [3.05, 3.63) is 41.0 Å². The van der Waals surface area contributed by atoms with E-state index in [0.29, 0.717) is 11.5 Å². The fourth-order valence-corrected chi connectivity index (χ4v) is 2.92. The van der Waals surface area contributed by atoms with E-state index in [9.17, 15) is 4.79 Å². The molecule has 0 atom stereocenters. The zero-order valence-electron chi connectivity index (χ0n) is 11.1. The van der Waals surface area contributed by atoms with E-state index in [1.54, 1.807) is 0 Å². The normalized spacial score (nSPS) is 10.6. The molecule has 3 rings (SSSR count). The van der Waals surface area contributed by atoms with Gasteiger partial charge < -0.3 is 10.6 Å². The maximum Gasteiger partial charge on any atom is 0.225 e. The summed E-state index contributed by atoms with van der Waals surface area (Å²) >= 11 is 7.44. The molecule has 0 saturated heterocycles. The molecule has 106 valence electrons. The van der Waals surface area contributed by atoms with E-state index in [2.05, 4.69) is 20.6 Å². The van der Waals surface area contributed by atoms with E-state index in [1.807, 2.05) is 35.7 Å². The molecule has 2 heterocycles. The number of carbonyl (C=O) groups is 1. The summed E-state index contributed by atoms with van der Waals surface area (Å²) in [6.45, 7) is 1.47. The van der Waals surface area contributed by atoms with Gasteiger partial charge in [0, 0.05) is 18.3 Å². The van der Waals surface area contributed by atoms with Crippen molar-refractivity contribution < 1.29 is 4.79 Å².